The number of pyridine rings is 1. The quantitative estimate of drug-likeness (QED) is 0.768. The molecule has 0 spiro atoms. The van der Waals surface area contributed by atoms with Crippen LogP contribution in [0.3, 0.4) is 0 Å². The zero-order valence-corrected chi connectivity index (χ0v) is 12.4. The van der Waals surface area contributed by atoms with Gasteiger partial charge in [-0.1, -0.05) is 41.9 Å². The Balaban J connectivity index is 1.98. The Morgan fingerprint density at radius 2 is 1.91 bits per heavy atom. The molecule has 0 atom stereocenters. The molecule has 0 amide bonds. The highest BCUT2D eigenvalue weighted by molar-refractivity contribution is 6.32. The normalized spacial score (nSPS) is 11.1. The molecule has 2 rings (SSSR count). The molecule has 1 heterocycles. The standard InChI is InChI=1S/C15H11ClF3NO3/c16-12-6-11(14(21)23-9-15(17,18)19)7-20-13(12)22-8-10-4-2-1-3-5-10/h1-7H,8-9H2. The number of ether oxygens (including phenoxy) is 2. The van der Waals surface area contributed by atoms with Crippen LogP contribution in [0.4, 0.5) is 13.2 Å². The van der Waals surface area contributed by atoms with Crippen molar-refractivity contribution in [3.63, 3.8) is 0 Å². The third-order valence-electron chi connectivity index (χ3n) is 2.63. The Morgan fingerprint density at radius 1 is 1.22 bits per heavy atom. The SMILES string of the molecule is O=C(OCC(F)(F)F)c1cnc(OCc2ccccc2)c(Cl)c1. The van der Waals surface area contributed by atoms with E-state index in [9.17, 15) is 18.0 Å². The van der Waals surface area contributed by atoms with Crippen LogP contribution in [0, 0.1) is 0 Å². The zero-order chi connectivity index (χ0) is 16.9. The van der Waals surface area contributed by atoms with Gasteiger partial charge in [-0.2, -0.15) is 13.2 Å². The first-order chi connectivity index (χ1) is 10.8. The molecule has 1 aromatic heterocycles. The molecule has 0 aliphatic heterocycles. The Hall–Kier alpha value is -2.28. The van der Waals surface area contributed by atoms with Gasteiger partial charge in [-0.25, -0.2) is 9.78 Å². The minimum atomic E-state index is -4.59. The molecule has 2 aromatic rings. The lowest BCUT2D eigenvalue weighted by Gasteiger charge is -2.10. The first-order valence-electron chi connectivity index (χ1n) is 6.41. The number of halogens is 4. The van der Waals surface area contributed by atoms with Crippen LogP contribution in [-0.4, -0.2) is 23.7 Å². The van der Waals surface area contributed by atoms with Crippen LogP contribution in [0.5, 0.6) is 5.88 Å². The van der Waals surface area contributed by atoms with Crippen molar-refractivity contribution in [3.8, 4) is 5.88 Å². The molecule has 1 aromatic carbocycles. The first-order valence-corrected chi connectivity index (χ1v) is 6.79. The van der Waals surface area contributed by atoms with Gasteiger partial charge in [0.2, 0.25) is 5.88 Å². The summed E-state index contributed by atoms with van der Waals surface area (Å²) in [6.07, 6.45) is -3.55. The van der Waals surface area contributed by atoms with Crippen molar-refractivity contribution in [1.29, 1.82) is 0 Å². The molecule has 0 saturated heterocycles. The van der Waals surface area contributed by atoms with Gasteiger partial charge in [-0.05, 0) is 11.6 Å². The molecule has 0 unspecified atom stereocenters. The summed E-state index contributed by atoms with van der Waals surface area (Å²) in [4.78, 5) is 15.3. The topological polar surface area (TPSA) is 48.4 Å². The van der Waals surface area contributed by atoms with E-state index in [0.717, 1.165) is 17.8 Å². The third kappa shape index (κ3) is 5.45. The van der Waals surface area contributed by atoms with E-state index >= 15 is 0 Å². The molecule has 0 aliphatic carbocycles. The molecule has 23 heavy (non-hydrogen) atoms. The second-order valence-electron chi connectivity index (χ2n) is 4.48. The maximum Gasteiger partial charge on any atom is 0.422 e. The predicted octanol–water partition coefficient (Wildman–Crippen LogP) is 4.03. The fourth-order valence-electron chi connectivity index (χ4n) is 1.60. The van der Waals surface area contributed by atoms with E-state index in [1.165, 1.54) is 0 Å². The first kappa shape index (κ1) is 17.1. The van der Waals surface area contributed by atoms with Crippen LogP contribution in [0.2, 0.25) is 5.02 Å². The molecule has 122 valence electrons. The molecule has 4 nitrogen and oxygen atoms in total. The minimum Gasteiger partial charge on any atom is -0.472 e. The number of carbonyl (C=O) groups is 1. The van der Waals surface area contributed by atoms with Crippen molar-refractivity contribution in [1.82, 2.24) is 4.98 Å². The molecular weight excluding hydrogens is 335 g/mol. The molecule has 0 bridgehead atoms. The van der Waals surface area contributed by atoms with Crippen molar-refractivity contribution in [3.05, 3.63) is 58.7 Å². The average Bonchev–Trinajstić information content (AvgIpc) is 2.51. The molecule has 0 aliphatic rings. The highest BCUT2D eigenvalue weighted by Gasteiger charge is 2.30. The van der Waals surface area contributed by atoms with Crippen molar-refractivity contribution in [2.24, 2.45) is 0 Å². The Morgan fingerprint density at radius 3 is 2.52 bits per heavy atom. The fourth-order valence-corrected chi connectivity index (χ4v) is 1.82. The predicted molar refractivity (Wildman–Crippen MR) is 76.4 cm³/mol. The maximum atomic E-state index is 12.0. The zero-order valence-electron chi connectivity index (χ0n) is 11.6. The van der Waals surface area contributed by atoms with Gasteiger partial charge in [-0.3, -0.25) is 0 Å². The van der Waals surface area contributed by atoms with E-state index in [0.29, 0.717) is 0 Å². The number of aromatic nitrogens is 1. The number of hydrogen-bond donors (Lipinski definition) is 0. The molecule has 0 fully saturated rings. The van der Waals surface area contributed by atoms with E-state index in [4.69, 9.17) is 16.3 Å². The van der Waals surface area contributed by atoms with Crippen LogP contribution in [0.15, 0.2) is 42.6 Å². The highest BCUT2D eigenvalue weighted by atomic mass is 35.5. The largest absolute Gasteiger partial charge is 0.472 e. The number of hydrogen-bond acceptors (Lipinski definition) is 4. The number of esters is 1. The molecular formula is C15H11ClF3NO3. The van der Waals surface area contributed by atoms with E-state index < -0.39 is 18.8 Å². The van der Waals surface area contributed by atoms with Crippen molar-refractivity contribution in [2.45, 2.75) is 12.8 Å². The fraction of sp³-hybridized carbons (Fsp3) is 0.200. The molecule has 0 N–H and O–H groups in total. The van der Waals surface area contributed by atoms with Gasteiger partial charge < -0.3 is 9.47 Å². The van der Waals surface area contributed by atoms with Gasteiger partial charge in [0.05, 0.1) is 5.56 Å². The molecule has 8 heteroatoms. The smallest absolute Gasteiger partial charge is 0.422 e. The second kappa shape index (κ2) is 7.32. The van der Waals surface area contributed by atoms with Gasteiger partial charge >= 0.3 is 12.1 Å². The summed E-state index contributed by atoms with van der Waals surface area (Å²) in [5, 5.41) is 0.00221. The van der Waals surface area contributed by atoms with E-state index in [1.54, 1.807) is 0 Å². The summed E-state index contributed by atoms with van der Waals surface area (Å²) < 4.78 is 45.5. The summed E-state index contributed by atoms with van der Waals surface area (Å²) in [5.41, 5.74) is 0.699. The maximum absolute atomic E-state index is 12.0. The lowest BCUT2D eigenvalue weighted by atomic mass is 10.2. The van der Waals surface area contributed by atoms with Crippen molar-refractivity contribution < 1.29 is 27.4 Å². The van der Waals surface area contributed by atoms with E-state index in [2.05, 4.69) is 9.72 Å². The summed E-state index contributed by atoms with van der Waals surface area (Å²) in [7, 11) is 0. The number of nitrogens with zero attached hydrogens (tertiary/aromatic N) is 1. The van der Waals surface area contributed by atoms with Gasteiger partial charge in [0.25, 0.3) is 0 Å². The Kier molecular flexibility index (Phi) is 5.44. The van der Waals surface area contributed by atoms with Gasteiger partial charge in [0, 0.05) is 6.20 Å². The van der Waals surface area contributed by atoms with E-state index in [1.807, 2.05) is 30.3 Å². The van der Waals surface area contributed by atoms with Gasteiger partial charge in [-0.15, -0.1) is 0 Å². The van der Waals surface area contributed by atoms with Gasteiger partial charge in [0.1, 0.15) is 11.6 Å². The van der Waals surface area contributed by atoms with Crippen molar-refractivity contribution in [2.75, 3.05) is 6.61 Å². The van der Waals surface area contributed by atoms with Crippen LogP contribution in [0.25, 0.3) is 0 Å². The van der Waals surface area contributed by atoms with E-state index in [-0.39, 0.29) is 23.1 Å². The summed E-state index contributed by atoms with van der Waals surface area (Å²) in [6.45, 7) is -1.46. The monoisotopic (exact) mass is 345 g/mol. The molecule has 0 radical (unpaired) electrons. The number of benzene rings is 1. The number of carbonyl (C=O) groups excluding carboxylic acids is 1. The highest BCUT2D eigenvalue weighted by Crippen LogP contribution is 2.24. The Labute approximate surface area is 134 Å². The van der Waals surface area contributed by atoms with Crippen molar-refractivity contribution >= 4 is 17.6 Å². The summed E-state index contributed by atoms with van der Waals surface area (Å²) >= 11 is 5.91. The Bertz CT molecular complexity index is 677. The second-order valence-corrected chi connectivity index (χ2v) is 4.88. The number of alkyl halides is 3. The summed E-state index contributed by atoms with van der Waals surface area (Å²) in [5.74, 6) is -1.09. The van der Waals surface area contributed by atoms with Crippen LogP contribution in [0.1, 0.15) is 15.9 Å². The average molecular weight is 346 g/mol. The summed E-state index contributed by atoms with van der Waals surface area (Å²) in [6, 6.07) is 10.4. The lowest BCUT2D eigenvalue weighted by Crippen LogP contribution is -2.20. The lowest BCUT2D eigenvalue weighted by molar-refractivity contribution is -0.161. The van der Waals surface area contributed by atoms with Crippen LogP contribution >= 0.6 is 11.6 Å². The van der Waals surface area contributed by atoms with Crippen LogP contribution in [-0.2, 0) is 11.3 Å². The minimum absolute atomic E-state index is 0.00221. The molecule has 0 saturated carbocycles. The van der Waals surface area contributed by atoms with Gasteiger partial charge in [0.15, 0.2) is 6.61 Å². The van der Waals surface area contributed by atoms with Crippen LogP contribution < -0.4 is 4.74 Å². The third-order valence-corrected chi connectivity index (χ3v) is 2.90. The number of rotatable bonds is 5.